The molecule has 0 spiro atoms. The van der Waals surface area contributed by atoms with Gasteiger partial charge in [0.15, 0.2) is 5.82 Å². The molecule has 3 heterocycles. The number of amides is 1. The van der Waals surface area contributed by atoms with Gasteiger partial charge in [0.2, 0.25) is 5.95 Å². The fraction of sp³-hybridized carbons (Fsp3) is 0.120. The highest BCUT2D eigenvalue weighted by atomic mass is 16.5. The van der Waals surface area contributed by atoms with Crippen LogP contribution in [0.2, 0.25) is 0 Å². The second kappa shape index (κ2) is 8.58. The van der Waals surface area contributed by atoms with Crippen LogP contribution in [0.25, 0.3) is 11.4 Å². The Morgan fingerprint density at radius 1 is 1.03 bits per heavy atom. The number of ether oxygens (including phenoxy) is 1. The van der Waals surface area contributed by atoms with Crippen LogP contribution >= 0.6 is 0 Å². The molecule has 0 saturated carbocycles. The highest BCUT2D eigenvalue weighted by molar-refractivity contribution is 6.06. The third-order valence-corrected chi connectivity index (χ3v) is 5.50. The zero-order valence-corrected chi connectivity index (χ0v) is 18.2. The number of carbonyl (C=O) groups is 1. The van der Waals surface area contributed by atoms with Crippen molar-refractivity contribution in [1.29, 1.82) is 0 Å². The first-order valence-corrected chi connectivity index (χ1v) is 10.5. The summed E-state index contributed by atoms with van der Waals surface area (Å²) in [5.74, 6) is 1.66. The average Bonchev–Trinajstić information content (AvgIpc) is 3.28. The summed E-state index contributed by atoms with van der Waals surface area (Å²) in [6, 6.07) is 20.3. The van der Waals surface area contributed by atoms with Crippen molar-refractivity contribution in [1.82, 2.24) is 19.7 Å². The second-order valence-electron chi connectivity index (χ2n) is 7.60. The Hall–Kier alpha value is -4.46. The number of benzene rings is 2. The number of allylic oxidation sites excluding steroid dienone is 1. The number of hydrogen-bond donors (Lipinski definition) is 2. The summed E-state index contributed by atoms with van der Waals surface area (Å²) in [6.45, 7) is 1.87. The second-order valence-corrected chi connectivity index (χ2v) is 7.60. The minimum absolute atomic E-state index is 0.227. The van der Waals surface area contributed by atoms with Gasteiger partial charge >= 0.3 is 0 Å². The van der Waals surface area contributed by atoms with Crippen LogP contribution < -0.4 is 15.4 Å². The number of nitrogens with zero attached hydrogens (tertiary/aromatic N) is 4. The minimum Gasteiger partial charge on any atom is -0.497 e. The largest absolute Gasteiger partial charge is 0.497 e. The van der Waals surface area contributed by atoms with E-state index in [1.165, 1.54) is 0 Å². The van der Waals surface area contributed by atoms with Gasteiger partial charge in [0.05, 0.1) is 12.7 Å². The normalized spacial score (nSPS) is 14.9. The molecule has 164 valence electrons. The van der Waals surface area contributed by atoms with Gasteiger partial charge in [-0.25, -0.2) is 4.68 Å². The van der Waals surface area contributed by atoms with Gasteiger partial charge in [0.25, 0.3) is 5.91 Å². The quantitative estimate of drug-likeness (QED) is 0.483. The van der Waals surface area contributed by atoms with Crippen molar-refractivity contribution < 1.29 is 9.53 Å². The van der Waals surface area contributed by atoms with Crippen molar-refractivity contribution in [3.63, 3.8) is 0 Å². The van der Waals surface area contributed by atoms with E-state index in [0.29, 0.717) is 28.7 Å². The lowest BCUT2D eigenvalue weighted by molar-refractivity contribution is -0.113. The fourth-order valence-corrected chi connectivity index (χ4v) is 3.88. The Morgan fingerprint density at radius 3 is 2.45 bits per heavy atom. The number of pyridine rings is 1. The molecule has 0 unspecified atom stereocenters. The topological polar surface area (TPSA) is 94.0 Å². The summed E-state index contributed by atoms with van der Waals surface area (Å²) in [5.41, 5.74) is 3.72. The molecule has 8 nitrogen and oxygen atoms in total. The molecule has 5 rings (SSSR count). The van der Waals surface area contributed by atoms with Gasteiger partial charge in [-0.2, -0.15) is 4.98 Å². The maximum Gasteiger partial charge on any atom is 0.255 e. The first-order chi connectivity index (χ1) is 16.1. The molecule has 8 heteroatoms. The number of anilines is 2. The van der Waals surface area contributed by atoms with Gasteiger partial charge in [-0.1, -0.05) is 30.3 Å². The Balaban J connectivity index is 1.55. The monoisotopic (exact) mass is 438 g/mol. The van der Waals surface area contributed by atoms with E-state index in [2.05, 4.69) is 20.6 Å². The summed E-state index contributed by atoms with van der Waals surface area (Å²) < 4.78 is 6.96. The van der Waals surface area contributed by atoms with E-state index in [1.54, 1.807) is 48.5 Å². The molecule has 0 aliphatic carbocycles. The minimum atomic E-state index is -0.465. The van der Waals surface area contributed by atoms with Crippen molar-refractivity contribution in [2.45, 2.75) is 13.0 Å². The summed E-state index contributed by atoms with van der Waals surface area (Å²) in [7, 11) is 1.61. The number of methoxy groups -OCH3 is 1. The number of fused-ring (bicyclic) bond motifs is 1. The van der Waals surface area contributed by atoms with Crippen molar-refractivity contribution in [3.05, 3.63) is 96.0 Å². The van der Waals surface area contributed by atoms with E-state index in [-0.39, 0.29) is 5.91 Å². The molecular formula is C25H22N6O2. The van der Waals surface area contributed by atoms with Gasteiger partial charge in [-0.15, -0.1) is 5.10 Å². The summed E-state index contributed by atoms with van der Waals surface area (Å²) in [5, 5.41) is 11.0. The third kappa shape index (κ3) is 3.94. The van der Waals surface area contributed by atoms with Crippen LogP contribution in [-0.4, -0.2) is 32.8 Å². The highest BCUT2D eigenvalue weighted by Gasteiger charge is 2.34. The smallest absolute Gasteiger partial charge is 0.255 e. The Kier molecular flexibility index (Phi) is 5.32. The van der Waals surface area contributed by atoms with Gasteiger partial charge in [0.1, 0.15) is 11.8 Å². The van der Waals surface area contributed by atoms with E-state index in [0.717, 1.165) is 16.9 Å². The van der Waals surface area contributed by atoms with Crippen LogP contribution in [0.4, 0.5) is 11.6 Å². The molecule has 1 aliphatic rings. The zero-order valence-electron chi connectivity index (χ0n) is 18.2. The van der Waals surface area contributed by atoms with Gasteiger partial charge in [-0.3, -0.25) is 9.78 Å². The average molecular weight is 438 g/mol. The molecule has 33 heavy (non-hydrogen) atoms. The van der Waals surface area contributed by atoms with E-state index in [1.807, 2.05) is 49.4 Å². The van der Waals surface area contributed by atoms with E-state index in [9.17, 15) is 4.79 Å². The van der Waals surface area contributed by atoms with Crippen molar-refractivity contribution in [3.8, 4) is 17.1 Å². The van der Waals surface area contributed by atoms with E-state index < -0.39 is 6.04 Å². The predicted octanol–water partition coefficient (Wildman–Crippen LogP) is 4.28. The van der Waals surface area contributed by atoms with Crippen LogP contribution in [0.1, 0.15) is 18.5 Å². The van der Waals surface area contributed by atoms with Crippen molar-refractivity contribution in [2.24, 2.45) is 0 Å². The predicted molar refractivity (Wildman–Crippen MR) is 126 cm³/mol. The van der Waals surface area contributed by atoms with Crippen LogP contribution in [-0.2, 0) is 4.79 Å². The molecule has 2 aromatic carbocycles. The molecule has 1 atom stereocenters. The standard InChI is InChI=1S/C25H22N6O2/c1-16-21(24(32)28-19-8-10-20(33-2)11-9-19)22(17-12-14-26-15-13-17)31-25(27-16)29-23(30-31)18-6-4-3-5-7-18/h3-15,22H,1-2H3,(H,28,32)(H,27,29,30)/t22-/m0/s1. The van der Waals surface area contributed by atoms with Crippen molar-refractivity contribution in [2.75, 3.05) is 17.7 Å². The van der Waals surface area contributed by atoms with Gasteiger partial charge < -0.3 is 15.4 Å². The van der Waals surface area contributed by atoms with Crippen LogP contribution in [0.3, 0.4) is 0 Å². The number of rotatable bonds is 5. The molecular weight excluding hydrogens is 416 g/mol. The Labute approximate surface area is 191 Å². The fourth-order valence-electron chi connectivity index (χ4n) is 3.88. The molecule has 0 radical (unpaired) electrons. The maximum atomic E-state index is 13.5. The molecule has 2 aromatic heterocycles. The number of carbonyl (C=O) groups excluding carboxylic acids is 1. The molecule has 0 fully saturated rings. The third-order valence-electron chi connectivity index (χ3n) is 5.50. The first-order valence-electron chi connectivity index (χ1n) is 10.5. The van der Waals surface area contributed by atoms with Crippen LogP contribution in [0.5, 0.6) is 5.75 Å². The summed E-state index contributed by atoms with van der Waals surface area (Å²) in [6.07, 6.45) is 3.42. The Morgan fingerprint density at radius 2 is 1.76 bits per heavy atom. The number of aromatic nitrogens is 4. The van der Waals surface area contributed by atoms with Crippen molar-refractivity contribution >= 4 is 17.5 Å². The van der Waals surface area contributed by atoms with E-state index >= 15 is 0 Å². The SMILES string of the molecule is COc1ccc(NC(=O)C2=C(C)Nc3nc(-c4ccccc4)nn3[C@H]2c2ccncc2)cc1. The van der Waals surface area contributed by atoms with E-state index in [4.69, 9.17) is 9.84 Å². The molecule has 0 bridgehead atoms. The van der Waals surface area contributed by atoms with Crippen LogP contribution in [0.15, 0.2) is 90.4 Å². The lowest BCUT2D eigenvalue weighted by atomic mass is 9.96. The number of nitrogens with one attached hydrogen (secondary N) is 2. The molecule has 0 saturated heterocycles. The van der Waals surface area contributed by atoms with Gasteiger partial charge in [0, 0.05) is 29.3 Å². The Bertz CT molecular complexity index is 1310. The lowest BCUT2D eigenvalue weighted by Gasteiger charge is -2.28. The maximum absolute atomic E-state index is 13.5. The molecule has 2 N–H and O–H groups in total. The first kappa shape index (κ1) is 20.4. The molecule has 4 aromatic rings. The molecule has 1 amide bonds. The lowest BCUT2D eigenvalue weighted by Crippen LogP contribution is -2.31. The highest BCUT2D eigenvalue weighted by Crippen LogP contribution is 2.36. The van der Waals surface area contributed by atoms with Gasteiger partial charge in [-0.05, 0) is 48.9 Å². The summed E-state index contributed by atoms with van der Waals surface area (Å²) >= 11 is 0. The number of hydrogen-bond acceptors (Lipinski definition) is 6. The molecule has 1 aliphatic heterocycles. The zero-order chi connectivity index (χ0) is 22.8. The van der Waals surface area contributed by atoms with Crippen LogP contribution in [0, 0.1) is 0 Å². The summed E-state index contributed by atoms with van der Waals surface area (Å²) in [4.78, 5) is 22.3.